The molecular weight excluding hydrogens is 1430 g/mol. The second-order valence-electron chi connectivity index (χ2n) is 28.2. The van der Waals surface area contributed by atoms with Crippen LogP contribution in [0.1, 0.15) is 134 Å². The average Bonchev–Trinajstić information content (AvgIpc) is 1.48. The van der Waals surface area contributed by atoms with E-state index in [4.69, 9.17) is 0 Å². The van der Waals surface area contributed by atoms with Gasteiger partial charge in [-0.3, -0.25) is 0 Å². The molecule has 4 aliphatic carbocycles. The Labute approximate surface area is 612 Å². The van der Waals surface area contributed by atoms with Gasteiger partial charge in [0.25, 0.3) is 0 Å². The Balaban J connectivity index is 0.956. The largest absolute Gasteiger partial charge is 0.134 e. The van der Waals surface area contributed by atoms with Gasteiger partial charge in [0.2, 0.25) is 0 Å². The summed E-state index contributed by atoms with van der Waals surface area (Å²) in [7, 11) is 0. The van der Waals surface area contributed by atoms with Crippen molar-refractivity contribution in [2.75, 3.05) is 0 Å². The first-order chi connectivity index (χ1) is 47.6. The molecule has 6 aromatic heterocycles. The van der Waals surface area contributed by atoms with E-state index in [0.717, 1.165) is 7.57 Å². The van der Waals surface area contributed by atoms with E-state index in [1.165, 1.54) is 203 Å². The fraction of sp³-hybridized carbons (Fsp3) is 0.133. The zero-order valence-corrected chi connectivity index (χ0v) is 63.2. The summed E-state index contributed by atoms with van der Waals surface area (Å²) in [5, 5.41) is 0. The Bertz CT molecular complexity index is 5480. The van der Waals surface area contributed by atoms with Crippen molar-refractivity contribution >= 4 is 128 Å². The van der Waals surface area contributed by atoms with E-state index in [1.807, 2.05) is 45.3 Å². The molecule has 0 aliphatic heterocycles. The molecule has 10 aromatic carbocycles. The highest BCUT2D eigenvalue weighted by Gasteiger charge is 2.58. The number of benzene rings is 10. The number of halogens is 2. The van der Waals surface area contributed by atoms with Gasteiger partial charge in [-0.05, 0) is 213 Å². The van der Waals surface area contributed by atoms with Crippen LogP contribution in [-0.4, -0.2) is 0 Å². The zero-order valence-electron chi connectivity index (χ0n) is 55.1. The quantitative estimate of drug-likeness (QED) is 0.142. The number of fused-ring (bicyclic) bond motifs is 19. The van der Waals surface area contributed by atoms with Crippen LogP contribution in [0.5, 0.6) is 0 Å². The highest BCUT2D eigenvalue weighted by molar-refractivity contribution is 9.11. The fourth-order valence-electron chi connectivity index (χ4n) is 18.0. The molecule has 0 unspecified atom stereocenters. The van der Waals surface area contributed by atoms with E-state index >= 15 is 0 Å². The molecule has 0 spiro atoms. The predicted molar refractivity (Wildman–Crippen MR) is 429 cm³/mol. The molecule has 0 nitrogen and oxygen atoms in total. The third kappa shape index (κ3) is 7.84. The van der Waals surface area contributed by atoms with E-state index < -0.39 is 21.7 Å². The molecule has 98 heavy (non-hydrogen) atoms. The van der Waals surface area contributed by atoms with Crippen molar-refractivity contribution in [3.63, 3.8) is 0 Å². The highest BCUT2D eigenvalue weighted by atomic mass is 79.9. The van der Waals surface area contributed by atoms with Gasteiger partial charge in [0, 0.05) is 51.2 Å². The lowest BCUT2D eigenvalue weighted by atomic mass is 9.65. The summed E-state index contributed by atoms with van der Waals surface area (Å²) < 4.78 is 10.4. The summed E-state index contributed by atoms with van der Waals surface area (Å²) in [5.74, 6) is 0. The van der Waals surface area contributed by atoms with Crippen molar-refractivity contribution in [3.8, 4) is 41.8 Å². The van der Waals surface area contributed by atoms with Gasteiger partial charge >= 0.3 is 0 Å². The monoisotopic (exact) mass is 1490 g/mol. The van der Waals surface area contributed by atoms with E-state index in [1.54, 1.807) is 0 Å². The smallest absolute Gasteiger partial charge is 0.0736 e. The van der Waals surface area contributed by atoms with Crippen LogP contribution in [0, 0.1) is 55.4 Å². The molecular formula is C90H62Br2S6. The van der Waals surface area contributed by atoms with E-state index in [2.05, 4.69) is 340 Å². The SMILES string of the molecule is Cc1ccc(C2(c3ccc(C)cc3)c3cc4c(cc3-c3sc5cc(Br)sc5c32)C(c2ccc(C)cc2)(c2ccc(C)cc2)c2c-4sc3c4c(sc23)-c2cc3c(cc2C4(c2ccc(C)cc2)c2ccc(C)cc2)-c2sc4cc(Br)sc4c2C3(c2ccc(C)cc2)c2ccc(C)cc2)cc1. The van der Waals surface area contributed by atoms with Crippen molar-refractivity contribution in [2.45, 2.75) is 77.0 Å². The molecule has 16 aromatic rings. The van der Waals surface area contributed by atoms with Gasteiger partial charge in [-0.25, -0.2) is 0 Å². The van der Waals surface area contributed by atoms with E-state index in [-0.39, 0.29) is 0 Å². The third-order valence-electron chi connectivity index (χ3n) is 22.5. The van der Waals surface area contributed by atoms with Gasteiger partial charge in [0.15, 0.2) is 0 Å². The number of thiophene rings is 6. The van der Waals surface area contributed by atoms with Gasteiger partial charge in [0.05, 0.1) is 48.0 Å². The standard InChI is InChI=1S/C90H62Br2S6/c1-47-9-25-55(26-10-47)87(56-27-11-48(2)12-28-56)67-43-65-69(41-63(67)79-75(87)83-71(93-79)45-73(91)95-83)89(59-33-17-51(5)18-34-59,60-35-19-52(6)20-36-60)77-81(65)97-86-78-82(98-85(77)86)66-44-68-64(42-70(66)90(78,61-37-21-53(7)22-38-61)62-39-23-54(8)24-40-62)80-76(84-72(94-80)46-74(92)96-84)88(68,57-29-13-49(3)14-30-57)58-31-15-50(4)16-32-58/h9-46H,1-8H3. The molecule has 0 bridgehead atoms. The molecule has 0 atom stereocenters. The predicted octanol–water partition coefficient (Wildman–Crippen LogP) is 27.0. The number of aryl methyl sites for hydroxylation is 8. The van der Waals surface area contributed by atoms with Crippen molar-refractivity contribution in [1.82, 2.24) is 0 Å². The van der Waals surface area contributed by atoms with Gasteiger partial charge < -0.3 is 0 Å². The Morgan fingerprint density at radius 1 is 0.214 bits per heavy atom. The first-order valence-electron chi connectivity index (χ1n) is 33.6. The Morgan fingerprint density at radius 2 is 0.398 bits per heavy atom. The van der Waals surface area contributed by atoms with Crippen LogP contribution in [0.15, 0.2) is 238 Å². The first-order valence-corrected chi connectivity index (χ1v) is 40.1. The normalized spacial score (nSPS) is 15.2. The van der Waals surface area contributed by atoms with Gasteiger partial charge in [0.1, 0.15) is 0 Å². The molecule has 4 aliphatic rings. The molecule has 0 saturated heterocycles. The second kappa shape index (κ2) is 21.3. The molecule has 6 heterocycles. The summed E-state index contributed by atoms with van der Waals surface area (Å²) in [4.78, 5) is 5.46. The maximum absolute atomic E-state index is 4.02. The van der Waals surface area contributed by atoms with Crippen LogP contribution in [0.2, 0.25) is 0 Å². The Hall–Kier alpha value is -7.86. The highest BCUT2D eigenvalue weighted by Crippen LogP contribution is 2.73. The van der Waals surface area contributed by atoms with Crippen LogP contribution in [0.3, 0.4) is 0 Å². The minimum atomic E-state index is -0.716. The molecule has 472 valence electrons. The minimum Gasteiger partial charge on any atom is -0.134 e. The number of rotatable bonds is 8. The Kier molecular flexibility index (Phi) is 13.1. The lowest BCUT2D eigenvalue weighted by molar-refractivity contribution is 0.764. The van der Waals surface area contributed by atoms with Crippen molar-refractivity contribution in [1.29, 1.82) is 0 Å². The van der Waals surface area contributed by atoms with Crippen LogP contribution < -0.4 is 0 Å². The third-order valence-corrected chi connectivity index (χ3v) is 31.0. The molecule has 0 N–H and O–H groups in total. The maximum atomic E-state index is 4.02. The van der Waals surface area contributed by atoms with Crippen molar-refractivity contribution in [2.24, 2.45) is 0 Å². The van der Waals surface area contributed by atoms with Gasteiger partial charge in [-0.1, -0.05) is 239 Å². The van der Waals surface area contributed by atoms with Crippen molar-refractivity contribution in [3.05, 3.63) is 372 Å². The lowest BCUT2D eigenvalue weighted by Crippen LogP contribution is -2.30. The number of hydrogen-bond acceptors (Lipinski definition) is 6. The summed E-state index contributed by atoms with van der Waals surface area (Å²) >= 11 is 19.9. The fourth-order valence-corrected chi connectivity index (χ4v) is 27.9. The summed E-state index contributed by atoms with van der Waals surface area (Å²) in [5.41, 5.74) is 34.1. The van der Waals surface area contributed by atoms with Crippen LogP contribution in [-0.2, 0) is 21.7 Å². The van der Waals surface area contributed by atoms with E-state index in [9.17, 15) is 0 Å². The molecule has 0 fully saturated rings. The van der Waals surface area contributed by atoms with Gasteiger partial charge in [-0.2, -0.15) is 0 Å². The zero-order chi connectivity index (χ0) is 66.2. The summed E-state index contributed by atoms with van der Waals surface area (Å²) in [6.07, 6.45) is 0. The summed E-state index contributed by atoms with van der Waals surface area (Å²) in [6.45, 7) is 17.9. The number of hydrogen-bond donors (Lipinski definition) is 0. The van der Waals surface area contributed by atoms with Gasteiger partial charge in [-0.15, -0.1) is 68.0 Å². The lowest BCUT2D eigenvalue weighted by Gasteiger charge is -2.36. The van der Waals surface area contributed by atoms with Crippen LogP contribution in [0.25, 0.3) is 70.0 Å². The molecule has 8 heteroatoms. The summed E-state index contributed by atoms with van der Waals surface area (Å²) in [6, 6.07) is 92.4. The van der Waals surface area contributed by atoms with Crippen LogP contribution >= 0.6 is 99.9 Å². The average molecular weight is 1500 g/mol. The van der Waals surface area contributed by atoms with E-state index in [0.29, 0.717) is 0 Å². The maximum Gasteiger partial charge on any atom is 0.0736 e. The first kappa shape index (κ1) is 60.1. The molecule has 0 amide bonds. The van der Waals surface area contributed by atoms with Crippen LogP contribution in [0.4, 0.5) is 0 Å². The Morgan fingerprint density at radius 3 is 0.602 bits per heavy atom. The topological polar surface area (TPSA) is 0 Å². The molecule has 20 rings (SSSR count). The minimum absolute atomic E-state index is 0.618. The molecule has 0 radical (unpaired) electrons. The molecule has 0 saturated carbocycles. The second-order valence-corrected chi connectivity index (χ2v) is 37.2. The van der Waals surface area contributed by atoms with Crippen molar-refractivity contribution < 1.29 is 0 Å².